The van der Waals surface area contributed by atoms with Gasteiger partial charge >= 0.3 is 5.97 Å². The molecular formula is C13H14N2O2S. The van der Waals surface area contributed by atoms with Crippen molar-refractivity contribution in [1.29, 1.82) is 0 Å². The van der Waals surface area contributed by atoms with E-state index < -0.39 is 11.4 Å². The van der Waals surface area contributed by atoms with Gasteiger partial charge in [0.05, 0.1) is 10.6 Å². The van der Waals surface area contributed by atoms with Gasteiger partial charge in [-0.2, -0.15) is 0 Å². The summed E-state index contributed by atoms with van der Waals surface area (Å²) in [6, 6.07) is 5.77. The van der Waals surface area contributed by atoms with Gasteiger partial charge in [-0.3, -0.25) is 4.79 Å². The number of carbonyl (C=O) groups is 1. The first kappa shape index (κ1) is 12.7. The number of nitrogens with zero attached hydrogens (tertiary/aromatic N) is 2. The highest BCUT2D eigenvalue weighted by Gasteiger charge is 2.33. The van der Waals surface area contributed by atoms with Crippen molar-refractivity contribution in [3.05, 3.63) is 35.1 Å². The van der Waals surface area contributed by atoms with Gasteiger partial charge in [-0.15, -0.1) is 11.3 Å². The number of hydrogen-bond donors (Lipinski definition) is 1. The van der Waals surface area contributed by atoms with Crippen molar-refractivity contribution in [1.82, 2.24) is 9.97 Å². The zero-order valence-corrected chi connectivity index (χ0v) is 11.3. The van der Waals surface area contributed by atoms with Crippen LogP contribution in [0, 0.1) is 6.92 Å². The fraction of sp³-hybridized carbons (Fsp3) is 0.308. The molecule has 2 aromatic rings. The number of thiophene rings is 1. The van der Waals surface area contributed by atoms with Crippen molar-refractivity contribution in [2.45, 2.75) is 26.2 Å². The van der Waals surface area contributed by atoms with Crippen LogP contribution in [0.5, 0.6) is 0 Å². The van der Waals surface area contributed by atoms with Crippen LogP contribution in [-0.4, -0.2) is 21.0 Å². The van der Waals surface area contributed by atoms with E-state index in [4.69, 9.17) is 0 Å². The second-order valence-corrected chi connectivity index (χ2v) is 5.57. The lowest BCUT2D eigenvalue weighted by Gasteiger charge is -2.18. The molecular weight excluding hydrogens is 248 g/mol. The van der Waals surface area contributed by atoms with Gasteiger partial charge in [-0.1, -0.05) is 6.07 Å². The van der Waals surface area contributed by atoms with Crippen molar-refractivity contribution in [2.24, 2.45) is 0 Å². The van der Waals surface area contributed by atoms with Gasteiger partial charge in [0, 0.05) is 5.69 Å². The van der Waals surface area contributed by atoms with Crippen molar-refractivity contribution in [3.63, 3.8) is 0 Å². The summed E-state index contributed by atoms with van der Waals surface area (Å²) in [7, 11) is 0. The maximum atomic E-state index is 11.3. The third-order valence-corrected chi connectivity index (χ3v) is 3.61. The van der Waals surface area contributed by atoms with Crippen LogP contribution in [0.1, 0.15) is 25.4 Å². The van der Waals surface area contributed by atoms with E-state index >= 15 is 0 Å². The second kappa shape index (κ2) is 4.49. The molecule has 1 N–H and O–H groups in total. The summed E-state index contributed by atoms with van der Waals surface area (Å²) in [5.41, 5.74) is 0.470. The average Bonchev–Trinajstić information content (AvgIpc) is 2.81. The number of aliphatic carboxylic acids is 1. The van der Waals surface area contributed by atoms with Gasteiger partial charge in [0.2, 0.25) is 0 Å². The maximum absolute atomic E-state index is 11.3. The summed E-state index contributed by atoms with van der Waals surface area (Å²) in [5, 5.41) is 11.2. The topological polar surface area (TPSA) is 63.1 Å². The molecule has 0 unspecified atom stereocenters. The fourth-order valence-corrected chi connectivity index (χ4v) is 2.18. The molecule has 0 aliphatic heterocycles. The van der Waals surface area contributed by atoms with Crippen LogP contribution in [0.3, 0.4) is 0 Å². The van der Waals surface area contributed by atoms with Crippen molar-refractivity contribution >= 4 is 17.3 Å². The molecule has 0 bridgehead atoms. The van der Waals surface area contributed by atoms with Crippen molar-refractivity contribution < 1.29 is 9.90 Å². The van der Waals surface area contributed by atoms with Crippen LogP contribution in [0.4, 0.5) is 0 Å². The molecule has 0 atom stereocenters. The molecule has 0 saturated carbocycles. The van der Waals surface area contributed by atoms with E-state index in [1.807, 2.05) is 30.5 Å². The fourth-order valence-electron chi connectivity index (χ4n) is 1.49. The van der Waals surface area contributed by atoms with E-state index in [9.17, 15) is 9.90 Å². The Bertz CT molecular complexity index is 577. The van der Waals surface area contributed by atoms with E-state index in [1.54, 1.807) is 25.2 Å². The highest BCUT2D eigenvalue weighted by Crippen LogP contribution is 2.27. The number of aromatic nitrogens is 2. The molecule has 0 radical (unpaired) electrons. The molecule has 2 heterocycles. The number of carboxylic acids is 1. The minimum Gasteiger partial charge on any atom is -0.481 e. The lowest BCUT2D eigenvalue weighted by molar-refractivity contribution is -0.142. The quantitative estimate of drug-likeness (QED) is 0.923. The Morgan fingerprint density at radius 2 is 2.11 bits per heavy atom. The maximum Gasteiger partial charge on any atom is 0.316 e. The minimum atomic E-state index is -1.09. The molecule has 0 saturated heterocycles. The van der Waals surface area contributed by atoms with E-state index in [-0.39, 0.29) is 0 Å². The first-order valence-electron chi connectivity index (χ1n) is 5.54. The summed E-state index contributed by atoms with van der Waals surface area (Å²) in [4.78, 5) is 20.9. The smallest absolute Gasteiger partial charge is 0.316 e. The van der Waals surface area contributed by atoms with Gasteiger partial charge < -0.3 is 5.11 Å². The van der Waals surface area contributed by atoms with Gasteiger partial charge in [0.25, 0.3) is 0 Å². The summed E-state index contributed by atoms with van der Waals surface area (Å²) >= 11 is 1.57. The Kier molecular flexibility index (Phi) is 3.17. The Balaban J connectivity index is 2.55. The van der Waals surface area contributed by atoms with Crippen LogP contribution in [0.15, 0.2) is 23.6 Å². The molecule has 94 valence electrons. The first-order chi connectivity index (χ1) is 8.41. The summed E-state index contributed by atoms with van der Waals surface area (Å²) < 4.78 is 0. The van der Waals surface area contributed by atoms with Crippen LogP contribution < -0.4 is 0 Å². The molecule has 0 aromatic carbocycles. The highest BCUT2D eigenvalue weighted by molar-refractivity contribution is 7.13. The van der Waals surface area contributed by atoms with E-state index in [2.05, 4.69) is 9.97 Å². The number of carboxylic acid groups (broad SMARTS) is 1. The van der Waals surface area contributed by atoms with E-state index in [1.165, 1.54) is 0 Å². The lowest BCUT2D eigenvalue weighted by atomic mass is 9.92. The van der Waals surface area contributed by atoms with E-state index in [0.717, 1.165) is 16.3 Å². The molecule has 0 spiro atoms. The standard InChI is InChI=1S/C13H14N2O2S/c1-8-7-9(10-5-4-6-18-10)15-11(14-8)13(2,3)12(16)17/h4-7H,1-3H3,(H,16,17). The molecule has 4 nitrogen and oxygen atoms in total. The Hall–Kier alpha value is -1.75. The first-order valence-corrected chi connectivity index (χ1v) is 6.42. The van der Waals surface area contributed by atoms with Gasteiger partial charge in [-0.05, 0) is 38.3 Å². The molecule has 2 rings (SSSR count). The average molecular weight is 262 g/mol. The summed E-state index contributed by atoms with van der Waals surface area (Å²) in [6.45, 7) is 5.07. The molecule has 0 aliphatic rings. The second-order valence-electron chi connectivity index (χ2n) is 4.63. The summed E-state index contributed by atoms with van der Waals surface area (Å²) in [6.07, 6.45) is 0. The Morgan fingerprint density at radius 1 is 1.39 bits per heavy atom. The number of rotatable bonds is 3. The van der Waals surface area contributed by atoms with Gasteiger partial charge in [0.15, 0.2) is 0 Å². The zero-order valence-electron chi connectivity index (χ0n) is 10.5. The lowest BCUT2D eigenvalue weighted by Crippen LogP contribution is -2.31. The predicted molar refractivity (Wildman–Crippen MR) is 70.7 cm³/mol. The Labute approximate surface area is 109 Å². The van der Waals surface area contributed by atoms with Crippen molar-refractivity contribution in [3.8, 4) is 10.6 Å². The van der Waals surface area contributed by atoms with Gasteiger partial charge in [0.1, 0.15) is 11.2 Å². The monoisotopic (exact) mass is 262 g/mol. The van der Waals surface area contributed by atoms with Crippen LogP contribution in [-0.2, 0) is 10.2 Å². The van der Waals surface area contributed by atoms with Crippen LogP contribution in [0.2, 0.25) is 0 Å². The number of hydrogen-bond acceptors (Lipinski definition) is 4. The third kappa shape index (κ3) is 2.26. The minimum absolute atomic E-state index is 0.346. The molecule has 18 heavy (non-hydrogen) atoms. The van der Waals surface area contributed by atoms with Gasteiger partial charge in [-0.25, -0.2) is 9.97 Å². The SMILES string of the molecule is Cc1cc(-c2cccs2)nc(C(C)(C)C(=O)O)n1. The number of aryl methyl sites for hydroxylation is 1. The summed E-state index contributed by atoms with van der Waals surface area (Å²) in [5.74, 6) is -0.580. The van der Waals surface area contributed by atoms with E-state index in [0.29, 0.717) is 5.82 Å². The molecule has 5 heteroatoms. The normalized spacial score (nSPS) is 11.5. The largest absolute Gasteiger partial charge is 0.481 e. The van der Waals surface area contributed by atoms with Crippen LogP contribution in [0.25, 0.3) is 10.6 Å². The molecule has 0 fully saturated rings. The zero-order chi connectivity index (χ0) is 13.3. The molecule has 2 aromatic heterocycles. The predicted octanol–water partition coefficient (Wildman–Crippen LogP) is 2.88. The highest BCUT2D eigenvalue weighted by atomic mass is 32.1. The molecule has 0 aliphatic carbocycles. The van der Waals surface area contributed by atoms with Crippen LogP contribution >= 0.6 is 11.3 Å². The molecule has 0 amide bonds. The van der Waals surface area contributed by atoms with Crippen molar-refractivity contribution in [2.75, 3.05) is 0 Å². The third-order valence-electron chi connectivity index (χ3n) is 2.72. The Morgan fingerprint density at radius 3 is 2.67 bits per heavy atom.